The molecule has 28 heavy (non-hydrogen) atoms. The van der Waals surface area contributed by atoms with Gasteiger partial charge in [0.15, 0.2) is 0 Å². The van der Waals surface area contributed by atoms with Crippen molar-refractivity contribution in [3.63, 3.8) is 0 Å². The number of nitrogens with two attached hydrogens (primary N) is 1. The predicted molar refractivity (Wildman–Crippen MR) is 104 cm³/mol. The first kappa shape index (κ1) is 16.4. The molecule has 0 unspecified atom stereocenters. The van der Waals surface area contributed by atoms with Crippen molar-refractivity contribution in [2.24, 2.45) is 12.8 Å². The predicted octanol–water partition coefficient (Wildman–Crippen LogP) is 3.06. The summed E-state index contributed by atoms with van der Waals surface area (Å²) in [6.07, 6.45) is 7.37. The molecule has 0 saturated heterocycles. The Morgan fingerprint density at radius 1 is 1.11 bits per heavy atom. The third-order valence-electron chi connectivity index (χ3n) is 4.67. The molecule has 0 aliphatic rings. The maximum Gasteiger partial charge on any atom is 0.250 e. The van der Waals surface area contributed by atoms with Gasteiger partial charge in [0.05, 0.1) is 11.8 Å². The second-order valence-corrected chi connectivity index (χ2v) is 6.56. The van der Waals surface area contributed by atoms with Gasteiger partial charge >= 0.3 is 0 Å². The minimum atomic E-state index is -0.475. The van der Waals surface area contributed by atoms with E-state index in [1.54, 1.807) is 10.9 Å². The van der Waals surface area contributed by atoms with Crippen LogP contribution in [0.2, 0.25) is 0 Å². The van der Waals surface area contributed by atoms with E-state index in [2.05, 4.69) is 25.3 Å². The van der Waals surface area contributed by atoms with Crippen LogP contribution in [0.3, 0.4) is 0 Å². The zero-order valence-electron chi connectivity index (χ0n) is 15.1. The van der Waals surface area contributed by atoms with Crippen LogP contribution in [0.5, 0.6) is 0 Å². The van der Waals surface area contributed by atoms with Gasteiger partial charge in [0, 0.05) is 42.2 Å². The summed E-state index contributed by atoms with van der Waals surface area (Å²) >= 11 is 0. The van der Waals surface area contributed by atoms with E-state index in [-0.39, 0.29) is 0 Å². The van der Waals surface area contributed by atoms with Gasteiger partial charge in [-0.15, -0.1) is 10.2 Å². The summed E-state index contributed by atoms with van der Waals surface area (Å²) in [5.41, 5.74) is 10.7. The second kappa shape index (κ2) is 6.43. The summed E-state index contributed by atoms with van der Waals surface area (Å²) < 4.78 is 7.65. The molecule has 1 atom stereocenters. The largest absolute Gasteiger partial charge is 0.419 e. The number of fused-ring (bicyclic) bond motifs is 1. The Morgan fingerprint density at radius 3 is 2.75 bits per heavy atom. The lowest BCUT2D eigenvalue weighted by Gasteiger charge is -2.06. The van der Waals surface area contributed by atoms with Crippen molar-refractivity contribution in [3.05, 3.63) is 72.6 Å². The standard InChI is InChI=1S/C20H17N7O/c1-27-11-14(9-24-27)13-7-15-16(10-23-18(15)22-8-13)19-25-26-20(28-19)17(21)12-5-3-2-4-6-12/h2-11,17H,21H2,1H3,(H,22,23)/t17-/m0/s1. The summed E-state index contributed by atoms with van der Waals surface area (Å²) in [6, 6.07) is 11.2. The average molecular weight is 371 g/mol. The van der Waals surface area contributed by atoms with Crippen LogP contribution < -0.4 is 5.73 Å². The third kappa shape index (κ3) is 2.76. The molecule has 0 saturated carbocycles. The highest BCUT2D eigenvalue weighted by atomic mass is 16.4. The number of nitrogens with zero attached hydrogens (tertiary/aromatic N) is 5. The van der Waals surface area contributed by atoms with Gasteiger partial charge in [-0.25, -0.2) is 4.98 Å². The van der Waals surface area contributed by atoms with Gasteiger partial charge in [0.25, 0.3) is 0 Å². The maximum atomic E-state index is 6.27. The Labute approximate surface area is 160 Å². The molecule has 0 spiro atoms. The molecule has 8 heteroatoms. The normalized spacial score (nSPS) is 12.5. The van der Waals surface area contributed by atoms with Crippen LogP contribution in [0.1, 0.15) is 17.5 Å². The number of aryl methyl sites for hydroxylation is 1. The molecule has 1 aromatic carbocycles. The smallest absolute Gasteiger partial charge is 0.250 e. The van der Waals surface area contributed by atoms with Crippen LogP contribution in [-0.4, -0.2) is 29.9 Å². The molecule has 5 aromatic rings. The van der Waals surface area contributed by atoms with Crippen LogP contribution in [0, 0.1) is 0 Å². The quantitative estimate of drug-likeness (QED) is 0.502. The third-order valence-corrected chi connectivity index (χ3v) is 4.67. The van der Waals surface area contributed by atoms with Gasteiger partial charge in [0.1, 0.15) is 11.7 Å². The first-order valence-electron chi connectivity index (χ1n) is 8.79. The Balaban J connectivity index is 1.54. The summed E-state index contributed by atoms with van der Waals surface area (Å²) in [6.45, 7) is 0. The molecular formula is C20H17N7O. The van der Waals surface area contributed by atoms with E-state index in [1.165, 1.54) is 0 Å². The number of benzene rings is 1. The van der Waals surface area contributed by atoms with Crippen molar-refractivity contribution in [3.8, 4) is 22.6 Å². The fourth-order valence-electron chi connectivity index (χ4n) is 3.18. The molecule has 0 aliphatic heterocycles. The fraction of sp³-hybridized carbons (Fsp3) is 0.100. The van der Waals surface area contributed by atoms with Crippen LogP contribution in [0.4, 0.5) is 0 Å². The van der Waals surface area contributed by atoms with Gasteiger partial charge in [-0.1, -0.05) is 30.3 Å². The molecule has 0 bridgehead atoms. The average Bonchev–Trinajstić information content (AvgIpc) is 3.46. The first-order chi connectivity index (χ1) is 13.7. The Morgan fingerprint density at radius 2 is 1.96 bits per heavy atom. The van der Waals surface area contributed by atoms with Gasteiger partial charge in [0.2, 0.25) is 11.8 Å². The van der Waals surface area contributed by atoms with E-state index in [9.17, 15) is 0 Å². The molecule has 138 valence electrons. The minimum Gasteiger partial charge on any atom is -0.419 e. The van der Waals surface area contributed by atoms with E-state index in [0.29, 0.717) is 11.8 Å². The SMILES string of the molecule is Cn1cc(-c2cnc3[nH]cc(-c4nnc([C@@H](N)c5ccccc5)o4)c3c2)cn1. The molecule has 4 aromatic heterocycles. The molecule has 8 nitrogen and oxygen atoms in total. The van der Waals surface area contributed by atoms with E-state index in [1.807, 2.05) is 62.0 Å². The maximum absolute atomic E-state index is 6.27. The lowest BCUT2D eigenvalue weighted by molar-refractivity contribution is 0.484. The monoisotopic (exact) mass is 371 g/mol. The van der Waals surface area contributed by atoms with Gasteiger partial charge in [-0.3, -0.25) is 4.68 Å². The summed E-state index contributed by atoms with van der Waals surface area (Å²) in [5, 5.41) is 13.5. The van der Waals surface area contributed by atoms with Crippen LogP contribution in [-0.2, 0) is 7.05 Å². The van der Waals surface area contributed by atoms with Crippen molar-refractivity contribution in [1.29, 1.82) is 0 Å². The van der Waals surface area contributed by atoms with E-state index in [0.717, 1.165) is 33.3 Å². The lowest BCUT2D eigenvalue weighted by Crippen LogP contribution is -2.11. The number of nitrogens with one attached hydrogen (secondary N) is 1. The Hall–Kier alpha value is -3.78. The van der Waals surface area contributed by atoms with Gasteiger partial charge in [-0.05, 0) is 11.6 Å². The van der Waals surface area contributed by atoms with Crippen molar-refractivity contribution < 1.29 is 4.42 Å². The van der Waals surface area contributed by atoms with Crippen molar-refractivity contribution in [2.45, 2.75) is 6.04 Å². The topological polar surface area (TPSA) is 111 Å². The van der Waals surface area contributed by atoms with Crippen LogP contribution >= 0.6 is 0 Å². The number of H-pyrrole nitrogens is 1. The zero-order valence-corrected chi connectivity index (χ0v) is 15.1. The number of hydrogen-bond acceptors (Lipinski definition) is 6. The number of pyridine rings is 1. The Kier molecular flexibility index (Phi) is 3.77. The van der Waals surface area contributed by atoms with E-state index in [4.69, 9.17) is 10.2 Å². The highest BCUT2D eigenvalue weighted by molar-refractivity contribution is 5.93. The van der Waals surface area contributed by atoms with Crippen LogP contribution in [0.15, 0.2) is 65.6 Å². The minimum absolute atomic E-state index is 0.368. The number of aromatic nitrogens is 6. The molecule has 0 fully saturated rings. The van der Waals surface area contributed by atoms with Gasteiger partial charge in [-0.2, -0.15) is 5.10 Å². The molecule has 0 radical (unpaired) electrons. The second-order valence-electron chi connectivity index (χ2n) is 6.56. The Bertz CT molecular complexity index is 1250. The fourth-order valence-corrected chi connectivity index (χ4v) is 3.18. The number of aromatic amines is 1. The van der Waals surface area contributed by atoms with E-state index >= 15 is 0 Å². The van der Waals surface area contributed by atoms with E-state index < -0.39 is 6.04 Å². The summed E-state index contributed by atoms with van der Waals surface area (Å²) in [7, 11) is 1.88. The molecule has 4 heterocycles. The lowest BCUT2D eigenvalue weighted by atomic mass is 10.1. The first-order valence-corrected chi connectivity index (χ1v) is 8.79. The summed E-state index contributed by atoms with van der Waals surface area (Å²) in [5.74, 6) is 0.768. The summed E-state index contributed by atoms with van der Waals surface area (Å²) in [4.78, 5) is 7.65. The molecule has 5 rings (SSSR count). The molecule has 0 aliphatic carbocycles. The van der Waals surface area contributed by atoms with Crippen molar-refractivity contribution in [1.82, 2.24) is 29.9 Å². The van der Waals surface area contributed by atoms with Crippen molar-refractivity contribution in [2.75, 3.05) is 0 Å². The van der Waals surface area contributed by atoms with Crippen LogP contribution in [0.25, 0.3) is 33.6 Å². The highest BCUT2D eigenvalue weighted by Gasteiger charge is 2.19. The molecular weight excluding hydrogens is 354 g/mol. The molecule has 3 N–H and O–H groups in total. The number of rotatable bonds is 4. The highest BCUT2D eigenvalue weighted by Crippen LogP contribution is 2.31. The molecule has 0 amide bonds. The number of hydrogen-bond donors (Lipinski definition) is 2. The van der Waals surface area contributed by atoms with Crippen molar-refractivity contribution >= 4 is 11.0 Å². The van der Waals surface area contributed by atoms with Gasteiger partial charge < -0.3 is 15.1 Å². The zero-order chi connectivity index (χ0) is 19.1.